The number of carbonyl (C=O) groups excluding carboxylic acids is 1. The van der Waals surface area contributed by atoms with Gasteiger partial charge in [-0.25, -0.2) is 0 Å². The number of nitrogens with one attached hydrogen (secondary N) is 1. The van der Waals surface area contributed by atoms with Crippen molar-refractivity contribution in [1.29, 1.82) is 0 Å². The summed E-state index contributed by atoms with van der Waals surface area (Å²) >= 11 is 12.5. The molecule has 0 heterocycles. The van der Waals surface area contributed by atoms with Gasteiger partial charge >= 0.3 is 0 Å². The van der Waals surface area contributed by atoms with Crippen LogP contribution in [0.25, 0.3) is 0 Å². The molecule has 0 aliphatic heterocycles. The van der Waals surface area contributed by atoms with E-state index in [9.17, 15) is 4.79 Å². The molecule has 2 nitrogen and oxygen atoms in total. The summed E-state index contributed by atoms with van der Waals surface area (Å²) in [5.74, 6) is -0.235. The summed E-state index contributed by atoms with van der Waals surface area (Å²) in [7, 11) is -2.48. The van der Waals surface area contributed by atoms with E-state index < -0.39 is 7.26 Å². The van der Waals surface area contributed by atoms with Gasteiger partial charge in [0.05, 0.1) is 5.54 Å². The van der Waals surface area contributed by atoms with E-state index in [4.69, 9.17) is 23.2 Å². The normalized spacial score (nSPS) is 11.4. The highest BCUT2D eigenvalue weighted by molar-refractivity contribution is 7.99. The lowest BCUT2D eigenvalue weighted by Crippen LogP contribution is -3.00. The van der Waals surface area contributed by atoms with Crippen LogP contribution >= 0.6 is 30.5 Å². The van der Waals surface area contributed by atoms with Gasteiger partial charge in [-0.2, -0.15) is 0 Å². The van der Waals surface area contributed by atoms with E-state index in [2.05, 4.69) is 41.7 Å². The molecule has 6 heteroatoms. The first-order valence-corrected chi connectivity index (χ1v) is 12.7. The van der Waals surface area contributed by atoms with Gasteiger partial charge < -0.3 is 12.4 Å². The molecule has 0 aromatic heterocycles. The van der Waals surface area contributed by atoms with Crippen molar-refractivity contribution in [3.8, 4) is 0 Å². The van der Waals surface area contributed by atoms with E-state index in [1.807, 2.05) is 54.6 Å². The zero-order valence-electron chi connectivity index (χ0n) is 17.5. The van der Waals surface area contributed by atoms with Gasteiger partial charge in [-0.1, -0.05) is 77.8 Å². The molecule has 0 aliphatic rings. The lowest BCUT2D eigenvalue weighted by molar-refractivity contribution is -0.0000143. The average molecular weight is 513 g/mol. The first-order chi connectivity index (χ1) is 15.7. The molecule has 0 saturated carbocycles. The SMILES string of the molecule is O=C(N/C(=C\Cl)[P+](c1ccccc1)(c1ccccc1)c1ccccc1)c1ccc(Cl)cc1.[Cl-]. The van der Waals surface area contributed by atoms with Crippen molar-refractivity contribution in [2.45, 2.75) is 0 Å². The highest BCUT2D eigenvalue weighted by Crippen LogP contribution is 2.61. The van der Waals surface area contributed by atoms with Gasteiger partial charge in [0.2, 0.25) is 0 Å². The van der Waals surface area contributed by atoms with E-state index >= 15 is 0 Å². The molecule has 0 unspecified atom stereocenters. The Balaban J connectivity index is 0.00000306. The van der Waals surface area contributed by atoms with Crippen LogP contribution < -0.4 is 33.6 Å². The molecule has 4 aromatic rings. The van der Waals surface area contributed by atoms with E-state index in [1.54, 1.807) is 24.3 Å². The van der Waals surface area contributed by atoms with E-state index in [0.717, 1.165) is 15.9 Å². The van der Waals surface area contributed by atoms with Crippen molar-refractivity contribution in [1.82, 2.24) is 5.32 Å². The first-order valence-electron chi connectivity index (χ1n) is 10.1. The maximum absolute atomic E-state index is 13.2. The van der Waals surface area contributed by atoms with Gasteiger partial charge in [0, 0.05) is 10.6 Å². The van der Waals surface area contributed by atoms with Crippen LogP contribution in [-0.2, 0) is 0 Å². The van der Waals surface area contributed by atoms with Crippen LogP contribution in [0.2, 0.25) is 5.02 Å². The van der Waals surface area contributed by atoms with Gasteiger partial charge in [0.25, 0.3) is 5.91 Å². The average Bonchev–Trinajstić information content (AvgIpc) is 2.86. The van der Waals surface area contributed by atoms with E-state index in [1.165, 1.54) is 5.54 Å². The maximum atomic E-state index is 13.2. The Kier molecular flexibility index (Phi) is 8.72. The monoisotopic (exact) mass is 511 g/mol. The van der Waals surface area contributed by atoms with Gasteiger partial charge in [0.1, 0.15) is 15.9 Å². The Morgan fingerprint density at radius 2 is 1.06 bits per heavy atom. The zero-order valence-corrected chi connectivity index (χ0v) is 20.7. The Labute approximate surface area is 211 Å². The van der Waals surface area contributed by atoms with Crippen LogP contribution in [0.3, 0.4) is 0 Å². The Morgan fingerprint density at radius 1 is 0.667 bits per heavy atom. The number of carbonyl (C=O) groups is 1. The molecule has 0 spiro atoms. The van der Waals surface area contributed by atoms with Gasteiger partial charge in [-0.05, 0) is 60.7 Å². The summed E-state index contributed by atoms with van der Waals surface area (Å²) in [6.45, 7) is 0. The van der Waals surface area contributed by atoms with Crippen LogP contribution in [0.5, 0.6) is 0 Å². The minimum Gasteiger partial charge on any atom is -1.00 e. The fourth-order valence-electron chi connectivity index (χ4n) is 3.79. The number of hydrogen-bond acceptors (Lipinski definition) is 1. The van der Waals surface area contributed by atoms with Crippen LogP contribution in [-0.4, -0.2) is 5.91 Å². The van der Waals surface area contributed by atoms with Crippen LogP contribution in [0.15, 0.2) is 126 Å². The van der Waals surface area contributed by atoms with Gasteiger partial charge in [-0.15, -0.1) is 0 Å². The summed E-state index contributed by atoms with van der Waals surface area (Å²) in [5.41, 5.74) is 2.69. The first kappa shape index (κ1) is 25.0. The van der Waals surface area contributed by atoms with Crippen molar-refractivity contribution in [2.75, 3.05) is 0 Å². The lowest BCUT2D eigenvalue weighted by atomic mass is 10.2. The Bertz CT molecular complexity index is 1120. The van der Waals surface area contributed by atoms with Crippen molar-refractivity contribution >= 4 is 52.3 Å². The molecule has 4 rings (SSSR count). The molecule has 0 atom stereocenters. The van der Waals surface area contributed by atoms with Gasteiger partial charge in [-0.3, -0.25) is 10.1 Å². The highest BCUT2D eigenvalue weighted by atomic mass is 35.5. The van der Waals surface area contributed by atoms with Crippen molar-refractivity contribution in [2.24, 2.45) is 0 Å². The fourth-order valence-corrected chi connectivity index (χ4v) is 8.42. The molecule has 166 valence electrons. The highest BCUT2D eigenvalue weighted by Gasteiger charge is 2.50. The van der Waals surface area contributed by atoms with Crippen LogP contribution in [0.1, 0.15) is 10.4 Å². The topological polar surface area (TPSA) is 29.1 Å². The number of rotatable bonds is 6. The number of hydrogen-bond donors (Lipinski definition) is 1. The molecule has 1 N–H and O–H groups in total. The largest absolute Gasteiger partial charge is 1.00 e. The minimum atomic E-state index is -2.48. The standard InChI is InChI=1S/C27H20Cl2NOP.ClH/c28-20-26(30-27(31)21-16-18-22(29)19-17-21)32(23-10-4-1-5-11-23,24-12-6-2-7-13-24)25-14-8-3-9-15-25;/h1-20H;1H/b26-20+;. The number of halogens is 3. The second kappa shape index (κ2) is 11.5. The summed E-state index contributed by atoms with van der Waals surface area (Å²) in [5, 5.41) is 7.01. The second-order valence-corrected chi connectivity index (χ2v) is 11.2. The fraction of sp³-hybridized carbons (Fsp3) is 0. The third-order valence-corrected chi connectivity index (χ3v) is 10.0. The third-order valence-electron chi connectivity index (χ3n) is 5.24. The van der Waals surface area contributed by atoms with Crippen molar-refractivity contribution < 1.29 is 17.2 Å². The maximum Gasteiger partial charge on any atom is 0.258 e. The summed E-state index contributed by atoms with van der Waals surface area (Å²) in [6.07, 6.45) is 0. The predicted molar refractivity (Wildman–Crippen MR) is 138 cm³/mol. The molecule has 4 aromatic carbocycles. The molecule has 0 aliphatic carbocycles. The summed E-state index contributed by atoms with van der Waals surface area (Å²) in [6, 6.07) is 37.5. The molecule has 33 heavy (non-hydrogen) atoms. The summed E-state index contributed by atoms with van der Waals surface area (Å²) in [4.78, 5) is 13.2. The van der Waals surface area contributed by atoms with E-state index in [0.29, 0.717) is 16.0 Å². The predicted octanol–water partition coefficient (Wildman–Crippen LogP) is 3.11. The van der Waals surface area contributed by atoms with Crippen LogP contribution in [0.4, 0.5) is 0 Å². The molecule has 0 saturated heterocycles. The van der Waals surface area contributed by atoms with E-state index in [-0.39, 0.29) is 18.3 Å². The quantitative estimate of drug-likeness (QED) is 0.395. The van der Waals surface area contributed by atoms with Crippen LogP contribution in [0, 0.1) is 0 Å². The van der Waals surface area contributed by atoms with Gasteiger partial charge in [0.15, 0.2) is 12.7 Å². The molecule has 0 radical (unpaired) electrons. The molecule has 0 fully saturated rings. The number of benzene rings is 4. The second-order valence-electron chi connectivity index (χ2n) is 7.13. The minimum absolute atomic E-state index is 0. The molecular weight excluding hydrogens is 492 g/mol. The van der Waals surface area contributed by atoms with Crippen molar-refractivity contribution in [3.63, 3.8) is 0 Å². The smallest absolute Gasteiger partial charge is 0.258 e. The summed E-state index contributed by atoms with van der Waals surface area (Å²) < 4.78 is 0. The molecule has 0 bridgehead atoms. The zero-order chi connectivity index (χ0) is 22.4. The Morgan fingerprint density at radius 3 is 1.42 bits per heavy atom. The van der Waals surface area contributed by atoms with Crippen molar-refractivity contribution in [3.05, 3.63) is 137 Å². The lowest BCUT2D eigenvalue weighted by Gasteiger charge is -2.29. The Hall–Kier alpha value is -2.61. The number of amides is 1. The molecule has 1 amide bonds. The third kappa shape index (κ3) is 5.16. The molecular formula is C27H21Cl3NOP.